The number of benzene rings is 2. The molecular weight excluding hydrogens is 360 g/mol. The van der Waals surface area contributed by atoms with Gasteiger partial charge in [0.2, 0.25) is 0 Å². The minimum atomic E-state index is -0.0733. The van der Waals surface area contributed by atoms with Crippen molar-refractivity contribution in [1.29, 1.82) is 0 Å². The fourth-order valence-electron chi connectivity index (χ4n) is 2.73. The van der Waals surface area contributed by atoms with E-state index in [2.05, 4.69) is 4.98 Å². The van der Waals surface area contributed by atoms with Crippen LogP contribution in [0.25, 0.3) is 0 Å². The first-order valence-corrected chi connectivity index (χ1v) is 9.46. The summed E-state index contributed by atoms with van der Waals surface area (Å²) in [5.41, 5.74) is 2.43. The summed E-state index contributed by atoms with van der Waals surface area (Å²) in [4.78, 5) is 18.8. The highest BCUT2D eigenvalue weighted by atomic mass is 32.1. The Morgan fingerprint density at radius 3 is 2.74 bits per heavy atom. The van der Waals surface area contributed by atoms with Gasteiger partial charge in [0.1, 0.15) is 18.1 Å². The SMILES string of the molecule is COc1ccccc1CN(C)C(=O)c1cccc(OCc2csc(C)n2)c1. The number of aryl methyl sites for hydroxylation is 1. The molecule has 0 N–H and O–H groups in total. The van der Waals surface area contributed by atoms with Crippen molar-refractivity contribution in [2.75, 3.05) is 14.2 Å². The number of hydrogen-bond donors (Lipinski definition) is 0. The Kier molecular flexibility index (Phi) is 6.08. The molecule has 0 aliphatic carbocycles. The Labute approximate surface area is 163 Å². The van der Waals surface area contributed by atoms with Crippen molar-refractivity contribution in [1.82, 2.24) is 9.88 Å². The topological polar surface area (TPSA) is 51.7 Å². The number of thiazole rings is 1. The highest BCUT2D eigenvalue weighted by molar-refractivity contribution is 7.09. The summed E-state index contributed by atoms with van der Waals surface area (Å²) >= 11 is 1.59. The van der Waals surface area contributed by atoms with Crippen molar-refractivity contribution in [3.05, 3.63) is 75.7 Å². The van der Waals surface area contributed by atoms with Crippen LogP contribution in [0, 0.1) is 6.92 Å². The van der Waals surface area contributed by atoms with Gasteiger partial charge in [-0.05, 0) is 31.2 Å². The van der Waals surface area contributed by atoms with Gasteiger partial charge < -0.3 is 14.4 Å². The zero-order valence-electron chi connectivity index (χ0n) is 15.6. The molecule has 0 bridgehead atoms. The van der Waals surface area contributed by atoms with Crippen LogP contribution >= 0.6 is 11.3 Å². The quantitative estimate of drug-likeness (QED) is 0.611. The first-order valence-electron chi connectivity index (χ1n) is 8.58. The second-order valence-electron chi connectivity index (χ2n) is 6.15. The highest BCUT2D eigenvalue weighted by Crippen LogP contribution is 2.21. The van der Waals surface area contributed by atoms with Crippen molar-refractivity contribution in [2.45, 2.75) is 20.1 Å². The first kappa shape index (κ1) is 18.9. The van der Waals surface area contributed by atoms with Gasteiger partial charge in [-0.3, -0.25) is 4.79 Å². The number of hydrogen-bond acceptors (Lipinski definition) is 5. The number of aromatic nitrogens is 1. The lowest BCUT2D eigenvalue weighted by molar-refractivity contribution is 0.0783. The summed E-state index contributed by atoms with van der Waals surface area (Å²) in [5, 5.41) is 2.99. The number of carbonyl (C=O) groups is 1. The molecule has 5 nitrogen and oxygen atoms in total. The minimum Gasteiger partial charge on any atom is -0.496 e. The molecule has 6 heteroatoms. The van der Waals surface area contributed by atoms with E-state index in [0.717, 1.165) is 22.0 Å². The van der Waals surface area contributed by atoms with E-state index in [9.17, 15) is 4.79 Å². The van der Waals surface area contributed by atoms with E-state index in [0.29, 0.717) is 24.5 Å². The lowest BCUT2D eigenvalue weighted by Gasteiger charge is -2.19. The summed E-state index contributed by atoms with van der Waals surface area (Å²) in [7, 11) is 3.41. The molecule has 0 aliphatic rings. The molecule has 1 heterocycles. The Morgan fingerprint density at radius 2 is 2.00 bits per heavy atom. The molecule has 27 heavy (non-hydrogen) atoms. The van der Waals surface area contributed by atoms with Crippen molar-refractivity contribution >= 4 is 17.2 Å². The van der Waals surface area contributed by atoms with Crippen LogP contribution in [0.5, 0.6) is 11.5 Å². The third-order valence-corrected chi connectivity index (χ3v) is 4.90. The number of amides is 1. The van der Waals surface area contributed by atoms with Crippen molar-refractivity contribution in [2.24, 2.45) is 0 Å². The van der Waals surface area contributed by atoms with Gasteiger partial charge in [-0.1, -0.05) is 24.3 Å². The molecule has 0 fully saturated rings. The van der Waals surface area contributed by atoms with E-state index in [1.807, 2.05) is 48.7 Å². The summed E-state index contributed by atoms with van der Waals surface area (Å²) < 4.78 is 11.1. The molecule has 0 aliphatic heterocycles. The first-order chi connectivity index (χ1) is 13.1. The Balaban J connectivity index is 1.67. The zero-order chi connectivity index (χ0) is 19.2. The van der Waals surface area contributed by atoms with E-state index < -0.39 is 0 Å². The van der Waals surface area contributed by atoms with Crippen LogP contribution in [0.15, 0.2) is 53.9 Å². The van der Waals surface area contributed by atoms with Gasteiger partial charge in [0.25, 0.3) is 5.91 Å². The minimum absolute atomic E-state index is 0.0733. The van der Waals surface area contributed by atoms with Gasteiger partial charge in [0.15, 0.2) is 0 Å². The standard InChI is InChI=1S/C21H22N2O3S/c1-15-22-18(14-27-15)13-26-19-9-6-8-16(11-19)21(24)23(2)12-17-7-4-5-10-20(17)25-3/h4-11,14H,12-13H2,1-3H3. The van der Waals surface area contributed by atoms with Crippen molar-refractivity contribution < 1.29 is 14.3 Å². The number of carbonyl (C=O) groups excluding carboxylic acids is 1. The van der Waals surface area contributed by atoms with E-state index >= 15 is 0 Å². The van der Waals surface area contributed by atoms with Crippen LogP contribution in [0.4, 0.5) is 0 Å². The fourth-order valence-corrected chi connectivity index (χ4v) is 3.33. The van der Waals surface area contributed by atoms with E-state index in [1.165, 1.54) is 0 Å². The Morgan fingerprint density at radius 1 is 1.19 bits per heavy atom. The molecule has 0 atom stereocenters. The molecule has 0 saturated carbocycles. The van der Waals surface area contributed by atoms with Gasteiger partial charge in [-0.2, -0.15) is 0 Å². The number of rotatable bonds is 7. The van der Waals surface area contributed by atoms with Gasteiger partial charge in [-0.25, -0.2) is 4.98 Å². The average Bonchev–Trinajstić information content (AvgIpc) is 3.11. The maximum absolute atomic E-state index is 12.8. The molecule has 0 spiro atoms. The molecule has 140 valence electrons. The van der Waals surface area contributed by atoms with E-state index in [-0.39, 0.29) is 5.91 Å². The molecule has 0 unspecified atom stereocenters. The third-order valence-electron chi connectivity index (χ3n) is 4.08. The van der Waals surface area contributed by atoms with Crippen molar-refractivity contribution in [3.63, 3.8) is 0 Å². The number of methoxy groups -OCH3 is 1. The Hall–Kier alpha value is -2.86. The van der Waals surface area contributed by atoms with Gasteiger partial charge in [0, 0.05) is 30.1 Å². The maximum atomic E-state index is 12.8. The lowest BCUT2D eigenvalue weighted by Crippen LogP contribution is -2.26. The van der Waals surface area contributed by atoms with Crippen molar-refractivity contribution in [3.8, 4) is 11.5 Å². The summed E-state index contributed by atoms with van der Waals surface area (Å²) in [5.74, 6) is 1.35. The second kappa shape index (κ2) is 8.68. The van der Waals surface area contributed by atoms with Gasteiger partial charge in [0.05, 0.1) is 17.8 Å². The monoisotopic (exact) mass is 382 g/mol. The normalized spacial score (nSPS) is 10.5. The van der Waals surface area contributed by atoms with Crippen LogP contribution < -0.4 is 9.47 Å². The second-order valence-corrected chi connectivity index (χ2v) is 7.21. The highest BCUT2D eigenvalue weighted by Gasteiger charge is 2.15. The van der Waals surface area contributed by atoms with E-state index in [4.69, 9.17) is 9.47 Å². The summed E-state index contributed by atoms with van der Waals surface area (Å²) in [6.07, 6.45) is 0. The summed E-state index contributed by atoms with van der Waals surface area (Å²) in [6.45, 7) is 2.82. The van der Waals surface area contributed by atoms with Gasteiger partial charge in [-0.15, -0.1) is 11.3 Å². The summed E-state index contributed by atoms with van der Waals surface area (Å²) in [6, 6.07) is 14.9. The fraction of sp³-hybridized carbons (Fsp3) is 0.238. The molecule has 3 aromatic rings. The van der Waals surface area contributed by atoms with E-state index in [1.54, 1.807) is 42.5 Å². The predicted molar refractivity (Wildman–Crippen MR) is 106 cm³/mol. The molecule has 3 rings (SSSR count). The zero-order valence-corrected chi connectivity index (χ0v) is 16.5. The lowest BCUT2D eigenvalue weighted by atomic mass is 10.1. The number of nitrogens with zero attached hydrogens (tertiary/aromatic N) is 2. The third kappa shape index (κ3) is 4.86. The van der Waals surface area contributed by atoms with Crippen LogP contribution in [-0.4, -0.2) is 29.9 Å². The Bertz CT molecular complexity index is 923. The molecule has 2 aromatic carbocycles. The van der Waals surface area contributed by atoms with Crippen LogP contribution in [0.3, 0.4) is 0 Å². The van der Waals surface area contributed by atoms with Crippen LogP contribution in [-0.2, 0) is 13.2 Å². The molecule has 1 amide bonds. The number of para-hydroxylation sites is 1. The maximum Gasteiger partial charge on any atom is 0.254 e. The number of ether oxygens (including phenoxy) is 2. The molecule has 0 saturated heterocycles. The molecular formula is C21H22N2O3S. The largest absolute Gasteiger partial charge is 0.496 e. The smallest absolute Gasteiger partial charge is 0.254 e. The van der Waals surface area contributed by atoms with Crippen LogP contribution in [0.2, 0.25) is 0 Å². The predicted octanol–water partition coefficient (Wildman–Crippen LogP) is 4.31. The van der Waals surface area contributed by atoms with Crippen LogP contribution in [0.1, 0.15) is 26.6 Å². The average molecular weight is 382 g/mol. The van der Waals surface area contributed by atoms with Gasteiger partial charge >= 0.3 is 0 Å². The molecule has 1 aromatic heterocycles. The molecule has 0 radical (unpaired) electrons.